The van der Waals surface area contributed by atoms with Crippen molar-refractivity contribution in [2.24, 2.45) is 0 Å². The molecule has 5 aliphatic rings. The molecule has 0 spiro atoms. The molecule has 2 bridgehead atoms. The summed E-state index contributed by atoms with van der Waals surface area (Å²) in [7, 11) is -0.558. The van der Waals surface area contributed by atoms with Gasteiger partial charge in [0.15, 0.2) is 0 Å². The van der Waals surface area contributed by atoms with Gasteiger partial charge in [-0.3, -0.25) is 0 Å². The van der Waals surface area contributed by atoms with Crippen molar-refractivity contribution in [2.45, 2.75) is 115 Å². The van der Waals surface area contributed by atoms with E-state index in [0.29, 0.717) is 0 Å². The van der Waals surface area contributed by atoms with Gasteiger partial charge in [-0.1, -0.05) is 59.3 Å². The number of hydrogen-bond donors (Lipinski definition) is 0. The van der Waals surface area contributed by atoms with Gasteiger partial charge in [0, 0.05) is 0 Å². The third kappa shape index (κ3) is 4.14. The average Bonchev–Trinajstić information content (AvgIpc) is 3.23. The maximum absolute atomic E-state index is 6.41. The van der Waals surface area contributed by atoms with Gasteiger partial charge in [-0.25, -0.2) is 0 Å². The summed E-state index contributed by atoms with van der Waals surface area (Å²) in [5.74, 6) is 0. The first-order valence-electron chi connectivity index (χ1n) is 11.2. The molecule has 0 N–H and O–H groups in total. The highest BCUT2D eigenvalue weighted by molar-refractivity contribution is 6.47. The van der Waals surface area contributed by atoms with Crippen LogP contribution in [0.2, 0.25) is 19.0 Å². The number of hydrogen-bond acceptors (Lipinski definition) is 6. The van der Waals surface area contributed by atoms with E-state index in [1.165, 1.54) is 0 Å². The predicted molar refractivity (Wildman–Crippen MR) is 106 cm³/mol. The van der Waals surface area contributed by atoms with Gasteiger partial charge < -0.3 is 27.9 Å². The Morgan fingerprint density at radius 3 is 0.852 bits per heavy atom. The van der Waals surface area contributed by atoms with E-state index in [2.05, 4.69) is 20.8 Å². The molecule has 4 saturated heterocycles. The number of rotatable bonds is 9. The SMILES string of the molecule is CCCCB1OC2C(O1)C1OB(CCCC)OC2C2OB(CCCC)OC21. The standard InChI is InChI=1S/C18H33B3O6/c1-4-7-10-19-22-13-14(23-19)18-16-15(24-20(25-16)11-8-5-2)17(13)26-21(27-18)12-9-6-3/h13-18H,4-12H2,1-3H3. The van der Waals surface area contributed by atoms with Crippen LogP contribution in [0.3, 0.4) is 0 Å². The third-order valence-electron chi connectivity index (χ3n) is 6.18. The molecule has 9 heteroatoms. The maximum atomic E-state index is 6.41. The van der Waals surface area contributed by atoms with E-state index in [1.807, 2.05) is 0 Å². The number of fused-ring (bicyclic) bond motifs is 2. The van der Waals surface area contributed by atoms with Crippen LogP contribution in [0.4, 0.5) is 0 Å². The van der Waals surface area contributed by atoms with Gasteiger partial charge in [-0.15, -0.1) is 0 Å². The van der Waals surface area contributed by atoms with Crippen molar-refractivity contribution in [3.8, 4) is 0 Å². The molecule has 1 saturated carbocycles. The summed E-state index contributed by atoms with van der Waals surface area (Å²) in [6, 6.07) is 0. The van der Waals surface area contributed by atoms with Crippen molar-refractivity contribution >= 4 is 21.4 Å². The van der Waals surface area contributed by atoms with Crippen molar-refractivity contribution < 1.29 is 27.9 Å². The van der Waals surface area contributed by atoms with Gasteiger partial charge in [0.2, 0.25) is 0 Å². The molecule has 5 fully saturated rings. The van der Waals surface area contributed by atoms with Gasteiger partial charge >= 0.3 is 21.4 Å². The van der Waals surface area contributed by atoms with Gasteiger partial charge in [-0.2, -0.15) is 0 Å². The first kappa shape index (κ1) is 20.2. The van der Waals surface area contributed by atoms with Crippen LogP contribution in [0, 0.1) is 0 Å². The van der Waals surface area contributed by atoms with Crippen LogP contribution in [0.25, 0.3) is 0 Å². The number of unbranched alkanes of at least 4 members (excludes halogenated alkanes) is 3. The molecule has 0 aromatic carbocycles. The Balaban J connectivity index is 1.49. The fourth-order valence-electron chi connectivity index (χ4n) is 4.72. The molecule has 6 nitrogen and oxygen atoms in total. The van der Waals surface area contributed by atoms with E-state index >= 15 is 0 Å². The van der Waals surface area contributed by atoms with Crippen LogP contribution in [-0.2, 0) is 27.9 Å². The third-order valence-corrected chi connectivity index (χ3v) is 6.18. The summed E-state index contributed by atoms with van der Waals surface area (Å²) in [6.07, 6.45) is 8.51. The first-order chi connectivity index (χ1) is 13.2. The maximum Gasteiger partial charge on any atom is 0.457 e. The zero-order valence-electron chi connectivity index (χ0n) is 17.0. The molecule has 150 valence electrons. The Morgan fingerprint density at radius 1 is 0.444 bits per heavy atom. The molecule has 4 aliphatic heterocycles. The highest BCUT2D eigenvalue weighted by Crippen LogP contribution is 2.44. The summed E-state index contributed by atoms with van der Waals surface area (Å²) in [4.78, 5) is 0. The van der Waals surface area contributed by atoms with Crippen LogP contribution < -0.4 is 0 Å². The summed E-state index contributed by atoms with van der Waals surface area (Å²) in [5.41, 5.74) is 0. The zero-order chi connectivity index (χ0) is 18.8. The van der Waals surface area contributed by atoms with Crippen LogP contribution in [0.5, 0.6) is 0 Å². The van der Waals surface area contributed by atoms with Crippen molar-refractivity contribution in [3.05, 3.63) is 0 Å². The molecular weight excluding hydrogens is 345 g/mol. The lowest BCUT2D eigenvalue weighted by atomic mass is 9.81. The monoisotopic (exact) mass is 378 g/mol. The van der Waals surface area contributed by atoms with Gasteiger partial charge in [0.1, 0.15) is 0 Å². The van der Waals surface area contributed by atoms with E-state index in [9.17, 15) is 0 Å². The van der Waals surface area contributed by atoms with Crippen molar-refractivity contribution in [3.63, 3.8) is 0 Å². The topological polar surface area (TPSA) is 55.4 Å². The predicted octanol–water partition coefficient (Wildman–Crippen LogP) is 3.22. The normalized spacial score (nSPS) is 37.7. The van der Waals surface area contributed by atoms with Gasteiger partial charge in [0.05, 0.1) is 36.6 Å². The van der Waals surface area contributed by atoms with Crippen molar-refractivity contribution in [1.29, 1.82) is 0 Å². The van der Waals surface area contributed by atoms with Gasteiger partial charge in [-0.05, 0) is 19.0 Å². The van der Waals surface area contributed by atoms with Gasteiger partial charge in [0.25, 0.3) is 0 Å². The molecule has 27 heavy (non-hydrogen) atoms. The lowest BCUT2D eigenvalue weighted by Crippen LogP contribution is -2.60. The minimum absolute atomic E-state index is 0.127. The molecule has 1 aliphatic carbocycles. The Labute approximate surface area is 164 Å². The van der Waals surface area contributed by atoms with E-state index in [1.54, 1.807) is 0 Å². The first-order valence-corrected chi connectivity index (χ1v) is 11.2. The van der Waals surface area contributed by atoms with Crippen LogP contribution in [0.1, 0.15) is 59.3 Å². The highest BCUT2D eigenvalue weighted by Gasteiger charge is 2.64. The lowest BCUT2D eigenvalue weighted by Gasteiger charge is -2.40. The minimum Gasteiger partial charge on any atom is -0.403 e. The molecule has 0 amide bonds. The van der Waals surface area contributed by atoms with Crippen LogP contribution in [-0.4, -0.2) is 58.0 Å². The fourth-order valence-corrected chi connectivity index (χ4v) is 4.72. The fraction of sp³-hybridized carbons (Fsp3) is 1.00. The smallest absolute Gasteiger partial charge is 0.403 e. The Bertz CT molecular complexity index is 424. The molecule has 0 radical (unpaired) electrons. The highest BCUT2D eigenvalue weighted by atomic mass is 16.7. The largest absolute Gasteiger partial charge is 0.457 e. The van der Waals surface area contributed by atoms with Crippen LogP contribution in [0.15, 0.2) is 0 Å². The molecule has 0 unspecified atom stereocenters. The van der Waals surface area contributed by atoms with E-state index in [0.717, 1.165) is 57.5 Å². The molecule has 0 aromatic heterocycles. The summed E-state index contributed by atoms with van der Waals surface area (Å²) in [6.45, 7) is 6.55. The molecule has 5 rings (SSSR count). The summed E-state index contributed by atoms with van der Waals surface area (Å²) in [5, 5.41) is 0. The quantitative estimate of drug-likeness (QED) is 0.575. The zero-order valence-corrected chi connectivity index (χ0v) is 17.0. The average molecular weight is 378 g/mol. The van der Waals surface area contributed by atoms with Crippen molar-refractivity contribution in [2.75, 3.05) is 0 Å². The molecule has 0 atom stereocenters. The lowest BCUT2D eigenvalue weighted by molar-refractivity contribution is -0.106. The second kappa shape index (κ2) is 9.18. The van der Waals surface area contributed by atoms with E-state index in [4.69, 9.17) is 27.9 Å². The van der Waals surface area contributed by atoms with E-state index in [-0.39, 0.29) is 58.0 Å². The molecular formula is C18H33B3O6. The second-order valence-corrected chi connectivity index (χ2v) is 8.32. The summed E-state index contributed by atoms with van der Waals surface area (Å²) < 4.78 is 38.0. The Morgan fingerprint density at radius 2 is 0.667 bits per heavy atom. The molecule has 4 heterocycles. The second-order valence-electron chi connectivity index (χ2n) is 8.32. The Hall–Kier alpha value is -0.0452. The van der Waals surface area contributed by atoms with Crippen molar-refractivity contribution in [1.82, 2.24) is 0 Å². The molecule has 0 aromatic rings. The Kier molecular flexibility index (Phi) is 6.88. The van der Waals surface area contributed by atoms with E-state index < -0.39 is 0 Å². The summed E-state index contributed by atoms with van der Waals surface area (Å²) >= 11 is 0. The minimum atomic E-state index is -0.223. The van der Waals surface area contributed by atoms with Crippen LogP contribution >= 0.6 is 0 Å².